The summed E-state index contributed by atoms with van der Waals surface area (Å²) in [7, 11) is 0. The number of aryl methyl sites for hydroxylation is 1. The van der Waals surface area contributed by atoms with E-state index in [2.05, 4.69) is 33.3 Å². The number of fused-ring (bicyclic) bond motifs is 1. The molecule has 0 aliphatic carbocycles. The molecule has 4 aromatic rings. The average Bonchev–Trinajstić information content (AvgIpc) is 3.16. The van der Waals surface area contributed by atoms with E-state index in [-0.39, 0.29) is 11.5 Å². The summed E-state index contributed by atoms with van der Waals surface area (Å²) in [5.41, 5.74) is 9.13. The molecule has 8 nitrogen and oxygen atoms in total. The summed E-state index contributed by atoms with van der Waals surface area (Å²) in [6, 6.07) is 13.5. The van der Waals surface area contributed by atoms with Crippen molar-refractivity contribution in [2.75, 3.05) is 17.7 Å². The molecule has 0 saturated carbocycles. The van der Waals surface area contributed by atoms with Gasteiger partial charge in [0.2, 0.25) is 0 Å². The Morgan fingerprint density at radius 3 is 2.63 bits per heavy atom. The molecule has 4 rings (SSSR count). The number of nitrogens with two attached hydrogens (primary N) is 1. The van der Waals surface area contributed by atoms with Crippen molar-refractivity contribution >= 4 is 44.9 Å². The molecule has 0 aliphatic heterocycles. The van der Waals surface area contributed by atoms with Crippen LogP contribution in [0.4, 0.5) is 11.5 Å². The number of carbonyl (C=O) groups is 2. The second-order valence-electron chi connectivity index (χ2n) is 6.48. The van der Waals surface area contributed by atoms with E-state index in [1.807, 2.05) is 24.3 Å². The number of hydrogen-bond donors (Lipinski definition) is 2. The van der Waals surface area contributed by atoms with Crippen molar-refractivity contribution < 1.29 is 14.3 Å². The second kappa shape index (κ2) is 8.26. The van der Waals surface area contributed by atoms with Crippen molar-refractivity contribution in [3.05, 3.63) is 66.1 Å². The minimum Gasteiger partial charge on any atom is -0.451 e. The van der Waals surface area contributed by atoms with Gasteiger partial charge in [-0.3, -0.25) is 4.79 Å². The fourth-order valence-corrected chi connectivity index (χ4v) is 3.82. The third-order valence-electron chi connectivity index (χ3n) is 4.21. The van der Waals surface area contributed by atoms with Crippen LogP contribution >= 0.6 is 11.3 Å². The summed E-state index contributed by atoms with van der Waals surface area (Å²) in [6.07, 6.45) is 2.68. The van der Waals surface area contributed by atoms with E-state index in [1.54, 1.807) is 23.5 Å². The van der Waals surface area contributed by atoms with Crippen LogP contribution in [-0.4, -0.2) is 33.4 Å². The lowest BCUT2D eigenvalue weighted by atomic mass is 10.2. The number of benzene rings is 2. The number of amides is 1. The first-order chi connectivity index (χ1) is 14.5. The van der Waals surface area contributed by atoms with E-state index < -0.39 is 18.5 Å². The van der Waals surface area contributed by atoms with Crippen LogP contribution in [-0.2, 0) is 9.53 Å². The zero-order valence-electron chi connectivity index (χ0n) is 16.0. The maximum Gasteiger partial charge on any atom is 0.361 e. The van der Waals surface area contributed by atoms with E-state index >= 15 is 0 Å². The Kier molecular flexibility index (Phi) is 5.36. The van der Waals surface area contributed by atoms with Gasteiger partial charge in [0, 0.05) is 23.6 Å². The zero-order valence-corrected chi connectivity index (χ0v) is 16.8. The van der Waals surface area contributed by atoms with Gasteiger partial charge < -0.3 is 15.8 Å². The van der Waals surface area contributed by atoms with E-state index in [4.69, 9.17) is 10.5 Å². The standard InChI is InChI=1S/C21H17N5O3S/c1-12-2-7-15-16(10-12)30-20(26-15)13-3-5-14(6-4-13)25-17(27)11-29-21(28)18-19(22)24-9-8-23-18/h2-10H,11H2,1H3,(H2,22,24)(H,25,27). The van der Waals surface area contributed by atoms with Gasteiger partial charge >= 0.3 is 5.97 Å². The zero-order chi connectivity index (χ0) is 21.1. The molecule has 0 unspecified atom stereocenters. The van der Waals surface area contributed by atoms with E-state index in [1.165, 1.54) is 18.0 Å². The third-order valence-corrected chi connectivity index (χ3v) is 5.28. The van der Waals surface area contributed by atoms with Crippen molar-refractivity contribution in [3.63, 3.8) is 0 Å². The first-order valence-corrected chi connectivity index (χ1v) is 9.82. The Morgan fingerprint density at radius 1 is 1.10 bits per heavy atom. The highest BCUT2D eigenvalue weighted by molar-refractivity contribution is 7.21. The van der Waals surface area contributed by atoms with Gasteiger partial charge in [0.25, 0.3) is 5.91 Å². The second-order valence-corrected chi connectivity index (χ2v) is 7.51. The topological polar surface area (TPSA) is 120 Å². The summed E-state index contributed by atoms with van der Waals surface area (Å²) < 4.78 is 6.07. The summed E-state index contributed by atoms with van der Waals surface area (Å²) in [5, 5.41) is 3.58. The first-order valence-electron chi connectivity index (χ1n) is 9.01. The summed E-state index contributed by atoms with van der Waals surface area (Å²) in [5.74, 6) is -1.34. The Labute approximate surface area is 175 Å². The molecule has 0 fully saturated rings. The Balaban J connectivity index is 1.37. The number of rotatable bonds is 5. The van der Waals surface area contributed by atoms with Gasteiger partial charge in [0.1, 0.15) is 5.01 Å². The van der Waals surface area contributed by atoms with Crippen molar-refractivity contribution in [2.24, 2.45) is 0 Å². The minimum atomic E-state index is -0.808. The highest BCUT2D eigenvalue weighted by Crippen LogP contribution is 2.31. The summed E-state index contributed by atoms with van der Waals surface area (Å²) >= 11 is 1.62. The SMILES string of the molecule is Cc1ccc2nc(-c3ccc(NC(=O)COC(=O)c4nccnc4N)cc3)sc2c1. The van der Waals surface area contributed by atoms with Crippen LogP contribution in [0.3, 0.4) is 0 Å². The van der Waals surface area contributed by atoms with Gasteiger partial charge in [-0.25, -0.2) is 19.7 Å². The maximum atomic E-state index is 12.1. The minimum absolute atomic E-state index is 0.0523. The number of nitrogens with one attached hydrogen (secondary N) is 1. The number of nitrogen functional groups attached to an aromatic ring is 1. The fraction of sp³-hybridized carbons (Fsp3) is 0.0952. The molecule has 3 N–H and O–H groups in total. The van der Waals surface area contributed by atoms with Crippen LogP contribution in [0.25, 0.3) is 20.8 Å². The molecular weight excluding hydrogens is 402 g/mol. The van der Waals surface area contributed by atoms with Gasteiger partial charge in [0.15, 0.2) is 18.1 Å². The Morgan fingerprint density at radius 2 is 1.87 bits per heavy atom. The number of nitrogens with zero attached hydrogens (tertiary/aromatic N) is 3. The first kappa shape index (κ1) is 19.5. The fourth-order valence-electron chi connectivity index (χ4n) is 2.75. The van der Waals surface area contributed by atoms with Crippen LogP contribution in [0.15, 0.2) is 54.9 Å². The molecule has 2 heterocycles. The highest BCUT2D eigenvalue weighted by Gasteiger charge is 2.15. The van der Waals surface area contributed by atoms with Crippen LogP contribution < -0.4 is 11.1 Å². The van der Waals surface area contributed by atoms with Crippen LogP contribution in [0.2, 0.25) is 0 Å². The van der Waals surface area contributed by atoms with Crippen molar-refractivity contribution in [2.45, 2.75) is 6.92 Å². The van der Waals surface area contributed by atoms with Gasteiger partial charge in [-0.1, -0.05) is 6.07 Å². The Hall–Kier alpha value is -3.85. The number of thiazole rings is 1. The van der Waals surface area contributed by atoms with E-state index in [9.17, 15) is 9.59 Å². The lowest BCUT2D eigenvalue weighted by molar-refractivity contribution is -0.119. The van der Waals surface area contributed by atoms with E-state index in [0.29, 0.717) is 5.69 Å². The van der Waals surface area contributed by atoms with Gasteiger partial charge in [-0.15, -0.1) is 11.3 Å². The lowest BCUT2D eigenvalue weighted by Gasteiger charge is -2.07. The van der Waals surface area contributed by atoms with Crippen molar-refractivity contribution in [3.8, 4) is 10.6 Å². The molecule has 0 aliphatic rings. The summed E-state index contributed by atoms with van der Waals surface area (Å²) in [6.45, 7) is 1.59. The van der Waals surface area contributed by atoms with Gasteiger partial charge in [-0.2, -0.15) is 0 Å². The molecule has 0 saturated heterocycles. The lowest BCUT2D eigenvalue weighted by Crippen LogP contribution is -2.22. The number of hydrogen-bond acceptors (Lipinski definition) is 8. The number of anilines is 2. The maximum absolute atomic E-state index is 12.1. The molecule has 2 aromatic carbocycles. The van der Waals surface area contributed by atoms with Crippen LogP contribution in [0.5, 0.6) is 0 Å². The number of aromatic nitrogens is 3. The number of ether oxygens (including phenoxy) is 1. The molecule has 0 atom stereocenters. The molecule has 0 bridgehead atoms. The normalized spacial score (nSPS) is 10.7. The highest BCUT2D eigenvalue weighted by atomic mass is 32.1. The molecule has 30 heavy (non-hydrogen) atoms. The van der Waals surface area contributed by atoms with Gasteiger partial charge in [-0.05, 0) is 48.9 Å². The van der Waals surface area contributed by atoms with Crippen molar-refractivity contribution in [1.29, 1.82) is 0 Å². The predicted molar refractivity (Wildman–Crippen MR) is 115 cm³/mol. The number of esters is 1. The summed E-state index contributed by atoms with van der Waals surface area (Å²) in [4.78, 5) is 36.2. The van der Waals surface area contributed by atoms with Crippen LogP contribution in [0, 0.1) is 6.92 Å². The largest absolute Gasteiger partial charge is 0.451 e. The van der Waals surface area contributed by atoms with Crippen molar-refractivity contribution in [1.82, 2.24) is 15.0 Å². The quantitative estimate of drug-likeness (QED) is 0.475. The average molecular weight is 419 g/mol. The molecule has 150 valence electrons. The third kappa shape index (κ3) is 4.26. The van der Waals surface area contributed by atoms with E-state index in [0.717, 1.165) is 20.8 Å². The van der Waals surface area contributed by atoms with Crippen LogP contribution in [0.1, 0.15) is 16.1 Å². The number of carbonyl (C=O) groups excluding carboxylic acids is 2. The molecule has 0 spiro atoms. The molecule has 0 radical (unpaired) electrons. The smallest absolute Gasteiger partial charge is 0.361 e. The molecule has 9 heteroatoms. The monoisotopic (exact) mass is 419 g/mol. The molecular formula is C21H17N5O3S. The molecule has 2 aromatic heterocycles. The Bertz CT molecular complexity index is 1240. The predicted octanol–water partition coefficient (Wildman–Crippen LogP) is 3.44. The molecule has 1 amide bonds. The van der Waals surface area contributed by atoms with Gasteiger partial charge in [0.05, 0.1) is 10.2 Å².